The van der Waals surface area contributed by atoms with Crippen LogP contribution in [0.25, 0.3) is 22.1 Å². The molecule has 0 saturated heterocycles. The van der Waals surface area contributed by atoms with Crippen molar-refractivity contribution in [3.05, 3.63) is 36.7 Å². The number of unbranched alkanes of at least 4 members (excludes halogenated alkanes) is 36. The number of benzene rings is 2. The molecule has 0 aliphatic heterocycles. The average molecular weight is 1020 g/mol. The van der Waals surface area contributed by atoms with Crippen molar-refractivity contribution in [2.24, 2.45) is 10.2 Å². The molecule has 2 aromatic carbocycles. The number of azo groups is 1. The smallest absolute Gasteiger partial charge is 0.193 e. The van der Waals surface area contributed by atoms with Crippen molar-refractivity contribution in [2.75, 3.05) is 26.4 Å². The van der Waals surface area contributed by atoms with Crippen molar-refractivity contribution in [1.29, 1.82) is 0 Å². The lowest BCUT2D eigenvalue weighted by Gasteiger charge is -2.15. The van der Waals surface area contributed by atoms with E-state index in [0.717, 1.165) is 50.0 Å². The lowest BCUT2D eigenvalue weighted by molar-refractivity contribution is 0.260. The van der Waals surface area contributed by atoms with Gasteiger partial charge in [0.25, 0.3) is 0 Å². The number of fused-ring (bicyclic) bond motifs is 2. The zero-order valence-corrected chi connectivity index (χ0v) is 47.9. The van der Waals surface area contributed by atoms with Gasteiger partial charge in [-0.2, -0.15) is 0 Å². The molecule has 0 amide bonds. The molecule has 74 heavy (non-hydrogen) atoms. The van der Waals surface area contributed by atoms with Crippen LogP contribution >= 0.6 is 0 Å². The molecule has 0 atom stereocenters. The summed E-state index contributed by atoms with van der Waals surface area (Å²) in [6.07, 6.45) is 54.7. The van der Waals surface area contributed by atoms with Crippen molar-refractivity contribution >= 4 is 33.7 Å². The Balaban J connectivity index is 1.38. The highest BCUT2D eigenvalue weighted by atomic mass is 16.5. The molecule has 0 spiro atoms. The van der Waals surface area contributed by atoms with E-state index in [-0.39, 0.29) is 0 Å². The summed E-state index contributed by atoms with van der Waals surface area (Å²) >= 11 is 0. The summed E-state index contributed by atoms with van der Waals surface area (Å²) in [7, 11) is 0. The summed E-state index contributed by atoms with van der Waals surface area (Å²) in [6.45, 7) is 11.7. The van der Waals surface area contributed by atoms with E-state index in [2.05, 4.69) is 37.9 Å². The summed E-state index contributed by atoms with van der Waals surface area (Å²) in [5, 5.41) is 8.98. The standard InChI is InChI=1S/C64H106N6O4/c1-5-9-13-17-21-25-29-33-37-41-49-71-57-47-45-55-61(63(57)73-51-43-39-35-31-27-23-19-15-11-7-3)65-53-59(67-55)69-70-60-54-66-62-56(68-60)46-48-58(72-50-42-38-34-30-26-22-18-14-10-6-2)64(62)74-52-44-40-36-32-28-24-20-16-12-8-4/h45-48,53-54H,5-44,49-52H2,1-4H3/b70-69+. The van der Waals surface area contributed by atoms with Crippen LogP contribution in [-0.2, 0) is 0 Å². The molecule has 0 saturated carbocycles. The van der Waals surface area contributed by atoms with E-state index >= 15 is 0 Å². The minimum atomic E-state index is 0.385. The average Bonchev–Trinajstić information content (AvgIpc) is 3.42. The van der Waals surface area contributed by atoms with E-state index in [9.17, 15) is 0 Å². The Morgan fingerprint density at radius 1 is 0.297 bits per heavy atom. The number of nitrogens with zero attached hydrogens (tertiary/aromatic N) is 6. The molecule has 0 unspecified atom stereocenters. The zero-order valence-electron chi connectivity index (χ0n) is 47.9. The summed E-state index contributed by atoms with van der Waals surface area (Å²) in [4.78, 5) is 19.4. The maximum absolute atomic E-state index is 6.50. The highest BCUT2D eigenvalue weighted by Gasteiger charge is 2.16. The number of aromatic nitrogens is 4. The molecule has 4 rings (SSSR count). The summed E-state index contributed by atoms with van der Waals surface area (Å²) in [5.74, 6) is 3.56. The van der Waals surface area contributed by atoms with Gasteiger partial charge in [-0.3, -0.25) is 0 Å². The molecule has 4 aromatic rings. The predicted octanol–water partition coefficient (Wildman–Crippen LogP) is 21.2. The molecule has 10 nitrogen and oxygen atoms in total. The van der Waals surface area contributed by atoms with Gasteiger partial charge in [0.15, 0.2) is 34.6 Å². The third kappa shape index (κ3) is 27.6. The van der Waals surface area contributed by atoms with E-state index in [1.54, 1.807) is 12.4 Å². The van der Waals surface area contributed by atoms with Gasteiger partial charge in [0.2, 0.25) is 0 Å². The summed E-state index contributed by atoms with van der Waals surface area (Å²) in [5.41, 5.74) is 2.73. The Labute approximate surface area is 451 Å². The first-order valence-electron chi connectivity index (χ1n) is 31.2. The van der Waals surface area contributed by atoms with Crippen LogP contribution in [0, 0.1) is 0 Å². The molecular formula is C64H106N6O4. The van der Waals surface area contributed by atoms with Crippen LogP contribution in [0.3, 0.4) is 0 Å². The lowest BCUT2D eigenvalue weighted by atomic mass is 10.1. The van der Waals surface area contributed by atoms with E-state index in [1.165, 1.54) is 218 Å². The minimum absolute atomic E-state index is 0.385. The number of ether oxygens (including phenoxy) is 4. The predicted molar refractivity (Wildman–Crippen MR) is 313 cm³/mol. The van der Waals surface area contributed by atoms with Gasteiger partial charge in [-0.15, -0.1) is 10.2 Å². The van der Waals surface area contributed by atoms with Gasteiger partial charge in [0, 0.05) is 0 Å². The monoisotopic (exact) mass is 1020 g/mol. The van der Waals surface area contributed by atoms with E-state index in [4.69, 9.17) is 38.9 Å². The van der Waals surface area contributed by atoms with Gasteiger partial charge in [0.1, 0.15) is 11.0 Å². The quantitative estimate of drug-likeness (QED) is 0.0317. The molecule has 10 heteroatoms. The second-order valence-electron chi connectivity index (χ2n) is 21.3. The maximum atomic E-state index is 6.50. The maximum Gasteiger partial charge on any atom is 0.193 e. The molecule has 0 N–H and O–H groups in total. The highest BCUT2D eigenvalue weighted by Crippen LogP contribution is 2.37. The Hall–Kier alpha value is -4.08. The van der Waals surface area contributed by atoms with Gasteiger partial charge in [-0.1, -0.05) is 259 Å². The van der Waals surface area contributed by atoms with Crippen molar-refractivity contribution in [3.63, 3.8) is 0 Å². The summed E-state index contributed by atoms with van der Waals surface area (Å²) in [6, 6.07) is 7.85. The van der Waals surface area contributed by atoms with Gasteiger partial charge in [-0.25, -0.2) is 19.9 Å². The molecule has 2 aromatic heterocycles. The molecule has 0 radical (unpaired) electrons. The first kappa shape index (κ1) is 62.5. The molecule has 0 aliphatic rings. The number of rotatable bonds is 50. The van der Waals surface area contributed by atoms with Gasteiger partial charge in [0.05, 0.1) is 49.9 Å². The Kier molecular flexibility index (Phi) is 36.4. The van der Waals surface area contributed by atoms with Crippen molar-refractivity contribution in [2.45, 2.75) is 285 Å². The SMILES string of the molecule is CCCCCCCCCCCCOc1ccc2nc(/N=N/c3cnc4c(OCCCCCCCCCCCC)c(OCCCCCCCCCCCC)ccc4n3)cnc2c1OCCCCCCCCCCCC. The molecule has 0 fully saturated rings. The van der Waals surface area contributed by atoms with Crippen LogP contribution in [-0.4, -0.2) is 46.4 Å². The fraction of sp³-hybridized carbons (Fsp3) is 0.750. The second-order valence-corrected chi connectivity index (χ2v) is 21.3. The number of hydrogen-bond donors (Lipinski definition) is 0. The van der Waals surface area contributed by atoms with E-state index in [0.29, 0.717) is 71.6 Å². The lowest BCUT2D eigenvalue weighted by Crippen LogP contribution is -2.04. The molecule has 0 aliphatic carbocycles. The topological polar surface area (TPSA) is 113 Å². The Morgan fingerprint density at radius 3 is 0.811 bits per heavy atom. The number of hydrogen-bond acceptors (Lipinski definition) is 10. The molecule has 0 bridgehead atoms. The van der Waals surface area contributed by atoms with E-state index < -0.39 is 0 Å². The van der Waals surface area contributed by atoms with Crippen LogP contribution in [0.5, 0.6) is 23.0 Å². The Morgan fingerprint density at radius 2 is 0.541 bits per heavy atom. The van der Waals surface area contributed by atoms with Gasteiger partial charge < -0.3 is 18.9 Å². The van der Waals surface area contributed by atoms with Crippen LogP contribution in [0.15, 0.2) is 46.9 Å². The van der Waals surface area contributed by atoms with Crippen LogP contribution < -0.4 is 18.9 Å². The fourth-order valence-electron chi connectivity index (χ4n) is 9.84. The zero-order chi connectivity index (χ0) is 52.2. The molecule has 2 heterocycles. The van der Waals surface area contributed by atoms with E-state index in [1.807, 2.05) is 24.3 Å². The third-order valence-electron chi connectivity index (χ3n) is 14.5. The van der Waals surface area contributed by atoms with Gasteiger partial charge in [-0.05, 0) is 49.9 Å². The molecular weight excluding hydrogens is 917 g/mol. The Bertz CT molecular complexity index is 1870. The van der Waals surface area contributed by atoms with Crippen LogP contribution in [0.4, 0.5) is 11.6 Å². The highest BCUT2D eigenvalue weighted by molar-refractivity contribution is 5.85. The van der Waals surface area contributed by atoms with Gasteiger partial charge >= 0.3 is 0 Å². The van der Waals surface area contributed by atoms with Crippen molar-refractivity contribution in [1.82, 2.24) is 19.9 Å². The van der Waals surface area contributed by atoms with Crippen LogP contribution in [0.1, 0.15) is 285 Å². The first-order chi connectivity index (χ1) is 36.7. The first-order valence-corrected chi connectivity index (χ1v) is 31.2. The fourth-order valence-corrected chi connectivity index (χ4v) is 9.84. The minimum Gasteiger partial charge on any atom is -0.490 e. The molecule has 416 valence electrons. The third-order valence-corrected chi connectivity index (χ3v) is 14.5. The normalized spacial score (nSPS) is 11.7. The van der Waals surface area contributed by atoms with Crippen molar-refractivity contribution < 1.29 is 18.9 Å². The largest absolute Gasteiger partial charge is 0.490 e. The van der Waals surface area contributed by atoms with Crippen molar-refractivity contribution in [3.8, 4) is 23.0 Å². The summed E-state index contributed by atoms with van der Waals surface area (Å²) < 4.78 is 25.8. The second kappa shape index (κ2) is 43.1. The van der Waals surface area contributed by atoms with Crippen LogP contribution in [0.2, 0.25) is 0 Å².